The summed E-state index contributed by atoms with van der Waals surface area (Å²) in [6, 6.07) is 24.1. The number of carbonyl (C=O) groups excluding carboxylic acids is 2. The van der Waals surface area contributed by atoms with E-state index in [0.717, 1.165) is 16.5 Å². The first-order chi connectivity index (χ1) is 17.7. The molecule has 0 saturated carbocycles. The van der Waals surface area contributed by atoms with Gasteiger partial charge in [0.15, 0.2) is 5.69 Å². The molecule has 5 aromatic rings. The Morgan fingerprint density at radius 3 is 2.28 bits per heavy atom. The average Bonchev–Trinajstić information content (AvgIpc) is 3.62. The van der Waals surface area contributed by atoms with Gasteiger partial charge in [-0.25, -0.2) is 14.6 Å². The van der Waals surface area contributed by atoms with Crippen molar-refractivity contribution in [1.82, 2.24) is 9.55 Å². The fourth-order valence-corrected chi connectivity index (χ4v) is 5.67. The maximum absolute atomic E-state index is 13.3. The highest BCUT2D eigenvalue weighted by Gasteiger charge is 2.29. The molecule has 0 radical (unpaired) electrons. The minimum Gasteiger partial charge on any atom is -0.461 e. The van der Waals surface area contributed by atoms with Crippen LogP contribution >= 0.6 is 11.3 Å². The lowest BCUT2D eigenvalue weighted by Crippen LogP contribution is -2.17. The smallest absolute Gasteiger partial charge is 0.418 e. The summed E-state index contributed by atoms with van der Waals surface area (Å²) >= 11 is 1.34. The van der Waals surface area contributed by atoms with Crippen molar-refractivity contribution in [3.63, 3.8) is 0 Å². The molecule has 2 heterocycles. The number of hydrogen-bond donors (Lipinski definition) is 0. The van der Waals surface area contributed by atoms with Crippen molar-refractivity contribution >= 4 is 34.3 Å². The van der Waals surface area contributed by atoms with Crippen LogP contribution < -0.4 is 0 Å². The molecular weight excluding hydrogens is 472 g/mol. The highest BCUT2D eigenvalue weighted by molar-refractivity contribution is 7.13. The maximum atomic E-state index is 13.3. The number of hydrogen-bond acceptors (Lipinski definition) is 6. The minimum atomic E-state index is -0.458. The number of carbonyl (C=O) groups is 2. The van der Waals surface area contributed by atoms with Crippen LogP contribution in [0.25, 0.3) is 32.6 Å². The van der Waals surface area contributed by atoms with Crippen molar-refractivity contribution in [1.29, 1.82) is 0 Å². The van der Waals surface area contributed by atoms with Crippen LogP contribution in [0.3, 0.4) is 0 Å². The largest absolute Gasteiger partial charge is 0.461 e. The standard InChI is InChI=1S/C29H22N2O4S/c1-2-34-28(32)25-17-36-27(30-25)23-15-31(26-14-8-7-13-22(23)26)29(33)35-16-24-20-11-5-3-9-18(20)19-10-4-6-12-21(19)24/h3-15,17,24H,2,16H2,1H3. The lowest BCUT2D eigenvalue weighted by Gasteiger charge is -2.14. The summed E-state index contributed by atoms with van der Waals surface area (Å²) in [5.41, 5.74) is 6.44. The second-order valence-corrected chi connectivity index (χ2v) is 9.35. The summed E-state index contributed by atoms with van der Waals surface area (Å²) in [6.07, 6.45) is 1.28. The van der Waals surface area contributed by atoms with Crippen LogP contribution in [0.5, 0.6) is 0 Å². The van der Waals surface area contributed by atoms with Crippen molar-refractivity contribution in [2.24, 2.45) is 0 Å². The summed E-state index contributed by atoms with van der Waals surface area (Å²) in [4.78, 5) is 29.9. The van der Waals surface area contributed by atoms with E-state index in [1.807, 2.05) is 48.5 Å². The zero-order valence-electron chi connectivity index (χ0n) is 19.5. The Bertz CT molecular complexity index is 1570. The quantitative estimate of drug-likeness (QED) is 0.253. The fourth-order valence-electron chi connectivity index (χ4n) is 4.86. The number of nitrogens with zero attached hydrogens (tertiary/aromatic N) is 2. The third kappa shape index (κ3) is 3.69. The summed E-state index contributed by atoms with van der Waals surface area (Å²) in [6.45, 7) is 2.28. The molecule has 178 valence electrons. The highest BCUT2D eigenvalue weighted by atomic mass is 32.1. The fraction of sp³-hybridized carbons (Fsp3) is 0.138. The third-order valence-electron chi connectivity index (χ3n) is 6.46. The van der Waals surface area contributed by atoms with Crippen LogP contribution in [0, 0.1) is 0 Å². The molecule has 0 bridgehead atoms. The monoisotopic (exact) mass is 494 g/mol. The Hall–Kier alpha value is -4.23. The van der Waals surface area contributed by atoms with E-state index in [0.29, 0.717) is 5.01 Å². The van der Waals surface area contributed by atoms with Gasteiger partial charge in [0.25, 0.3) is 0 Å². The second-order valence-electron chi connectivity index (χ2n) is 8.49. The molecule has 0 unspecified atom stereocenters. The molecule has 1 aliphatic rings. The van der Waals surface area contributed by atoms with Crippen LogP contribution in [0.4, 0.5) is 4.79 Å². The molecule has 0 saturated heterocycles. The molecule has 0 atom stereocenters. The molecule has 0 spiro atoms. The van der Waals surface area contributed by atoms with Crippen LogP contribution in [-0.2, 0) is 9.47 Å². The Balaban J connectivity index is 1.30. The molecule has 0 N–H and O–H groups in total. The van der Waals surface area contributed by atoms with E-state index in [-0.39, 0.29) is 24.8 Å². The van der Waals surface area contributed by atoms with Crippen molar-refractivity contribution in [3.8, 4) is 21.7 Å². The van der Waals surface area contributed by atoms with E-state index in [1.165, 1.54) is 38.2 Å². The van der Waals surface area contributed by atoms with Gasteiger partial charge in [-0.1, -0.05) is 66.7 Å². The third-order valence-corrected chi connectivity index (χ3v) is 7.34. The number of fused-ring (bicyclic) bond motifs is 4. The van der Waals surface area contributed by atoms with E-state index in [9.17, 15) is 9.59 Å². The number of para-hydroxylation sites is 1. The van der Waals surface area contributed by atoms with Gasteiger partial charge in [-0.05, 0) is 35.2 Å². The van der Waals surface area contributed by atoms with Crippen molar-refractivity contribution in [2.45, 2.75) is 12.8 Å². The zero-order chi connectivity index (χ0) is 24.6. The number of rotatable bonds is 5. The number of thiazole rings is 1. The van der Waals surface area contributed by atoms with E-state index < -0.39 is 12.1 Å². The van der Waals surface area contributed by atoms with Gasteiger partial charge >= 0.3 is 12.1 Å². The van der Waals surface area contributed by atoms with Crippen LogP contribution in [0.2, 0.25) is 0 Å². The zero-order valence-corrected chi connectivity index (χ0v) is 20.3. The maximum Gasteiger partial charge on any atom is 0.418 e. The Morgan fingerprint density at radius 1 is 0.889 bits per heavy atom. The molecule has 0 aliphatic heterocycles. The minimum absolute atomic E-state index is 0.0197. The van der Waals surface area contributed by atoms with Crippen molar-refractivity contribution in [2.75, 3.05) is 13.2 Å². The Labute approximate surface area is 211 Å². The van der Waals surface area contributed by atoms with Gasteiger partial charge in [0.05, 0.1) is 12.1 Å². The molecule has 0 amide bonds. The van der Waals surface area contributed by atoms with Gasteiger partial charge in [0.2, 0.25) is 0 Å². The predicted molar refractivity (Wildman–Crippen MR) is 139 cm³/mol. The van der Waals surface area contributed by atoms with Gasteiger partial charge in [-0.15, -0.1) is 11.3 Å². The predicted octanol–water partition coefficient (Wildman–Crippen LogP) is 6.74. The molecule has 6 rings (SSSR count). The lowest BCUT2D eigenvalue weighted by molar-refractivity contribution is 0.0520. The first kappa shape index (κ1) is 22.2. The van der Waals surface area contributed by atoms with Crippen LogP contribution in [-0.4, -0.2) is 34.8 Å². The van der Waals surface area contributed by atoms with E-state index in [1.54, 1.807) is 18.5 Å². The number of benzene rings is 3. The first-order valence-corrected chi connectivity index (χ1v) is 12.6. The van der Waals surface area contributed by atoms with Gasteiger partial charge in [-0.2, -0.15) is 0 Å². The van der Waals surface area contributed by atoms with Gasteiger partial charge in [-0.3, -0.25) is 4.57 Å². The van der Waals surface area contributed by atoms with Gasteiger partial charge < -0.3 is 9.47 Å². The SMILES string of the molecule is CCOC(=O)c1csc(-c2cn(C(=O)OCC3c4ccccc4-c4ccccc43)c3ccccc23)n1. The Kier molecular flexibility index (Phi) is 5.62. The van der Waals surface area contributed by atoms with E-state index >= 15 is 0 Å². The molecule has 6 nitrogen and oxygen atoms in total. The Morgan fingerprint density at radius 2 is 1.56 bits per heavy atom. The summed E-state index contributed by atoms with van der Waals surface area (Å²) in [7, 11) is 0. The molecule has 2 aromatic heterocycles. The van der Waals surface area contributed by atoms with E-state index in [2.05, 4.69) is 29.2 Å². The number of ether oxygens (including phenoxy) is 2. The average molecular weight is 495 g/mol. The molecule has 1 aliphatic carbocycles. The topological polar surface area (TPSA) is 70.4 Å². The summed E-state index contributed by atoms with van der Waals surface area (Å²) in [5.74, 6) is -0.478. The van der Waals surface area contributed by atoms with Crippen molar-refractivity contribution in [3.05, 3.63) is 101 Å². The second kappa shape index (κ2) is 9.09. The molecule has 0 fully saturated rings. The lowest BCUT2D eigenvalue weighted by atomic mass is 9.98. The summed E-state index contributed by atoms with van der Waals surface area (Å²) < 4.78 is 12.5. The molecule has 3 aromatic carbocycles. The van der Waals surface area contributed by atoms with Gasteiger partial charge in [0, 0.05) is 28.4 Å². The number of aromatic nitrogens is 2. The first-order valence-electron chi connectivity index (χ1n) is 11.7. The molecular formula is C29H22N2O4S. The normalized spacial score (nSPS) is 12.4. The van der Waals surface area contributed by atoms with Gasteiger partial charge in [0.1, 0.15) is 11.6 Å². The molecule has 7 heteroatoms. The van der Waals surface area contributed by atoms with Crippen molar-refractivity contribution < 1.29 is 19.1 Å². The number of esters is 1. The van der Waals surface area contributed by atoms with Crippen LogP contribution in [0.15, 0.2) is 84.4 Å². The van der Waals surface area contributed by atoms with E-state index in [4.69, 9.17) is 9.47 Å². The van der Waals surface area contributed by atoms with Crippen LogP contribution in [0.1, 0.15) is 34.5 Å². The highest BCUT2D eigenvalue weighted by Crippen LogP contribution is 2.44. The summed E-state index contributed by atoms with van der Waals surface area (Å²) in [5, 5.41) is 3.17. The molecule has 36 heavy (non-hydrogen) atoms.